The highest BCUT2D eigenvalue weighted by atomic mass is 14.8. The molecular formula is C29H24N4. The van der Waals surface area contributed by atoms with Gasteiger partial charge in [-0.25, -0.2) is 9.97 Å². The van der Waals surface area contributed by atoms with Crippen LogP contribution in [0.2, 0.25) is 0 Å². The third-order valence-corrected chi connectivity index (χ3v) is 6.51. The lowest BCUT2D eigenvalue weighted by Gasteiger charge is -2.12. The molecule has 160 valence electrons. The number of nitrogens with one attached hydrogen (secondary N) is 2. The molecule has 5 heterocycles. The Kier molecular flexibility index (Phi) is 4.40. The molecule has 0 saturated carbocycles. The van der Waals surface area contributed by atoms with Gasteiger partial charge < -0.3 is 9.97 Å². The van der Waals surface area contributed by atoms with E-state index in [1.165, 1.54) is 22.3 Å². The lowest BCUT2D eigenvalue weighted by molar-refractivity contribution is 1.24. The van der Waals surface area contributed by atoms with Crippen molar-refractivity contribution in [2.24, 2.45) is 0 Å². The summed E-state index contributed by atoms with van der Waals surface area (Å²) in [5.74, 6) is 0. The van der Waals surface area contributed by atoms with Gasteiger partial charge in [-0.2, -0.15) is 0 Å². The molecule has 4 heteroatoms. The molecule has 2 aliphatic rings. The number of aromatic amines is 2. The molecule has 0 atom stereocenters. The van der Waals surface area contributed by atoms with Gasteiger partial charge in [0.05, 0.1) is 22.8 Å². The van der Waals surface area contributed by atoms with Crippen molar-refractivity contribution >= 4 is 45.9 Å². The predicted molar refractivity (Wildman–Crippen MR) is 138 cm³/mol. The molecule has 3 aromatic heterocycles. The van der Waals surface area contributed by atoms with Gasteiger partial charge in [-0.15, -0.1) is 0 Å². The van der Waals surface area contributed by atoms with E-state index in [1.807, 2.05) is 12.2 Å². The molecule has 0 aliphatic carbocycles. The largest absolute Gasteiger partial charge is 0.355 e. The van der Waals surface area contributed by atoms with Crippen LogP contribution in [0.1, 0.15) is 45.0 Å². The predicted octanol–water partition coefficient (Wildman–Crippen LogP) is 7.00. The molecule has 4 aromatic rings. The zero-order valence-electron chi connectivity index (χ0n) is 18.9. The molecule has 0 spiro atoms. The van der Waals surface area contributed by atoms with Crippen LogP contribution in [0.25, 0.3) is 45.9 Å². The van der Waals surface area contributed by atoms with Crippen molar-refractivity contribution < 1.29 is 0 Å². The highest BCUT2D eigenvalue weighted by Crippen LogP contribution is 2.33. The fourth-order valence-corrected chi connectivity index (χ4v) is 4.48. The highest BCUT2D eigenvalue weighted by Gasteiger charge is 2.16. The van der Waals surface area contributed by atoms with Crippen LogP contribution in [-0.4, -0.2) is 19.9 Å². The van der Waals surface area contributed by atoms with E-state index in [2.05, 4.69) is 97.5 Å². The number of nitrogens with zero attached hydrogens (tertiary/aromatic N) is 2. The Morgan fingerprint density at radius 3 is 1.79 bits per heavy atom. The number of H-pyrrole nitrogens is 2. The Hall–Kier alpha value is -4.18. The van der Waals surface area contributed by atoms with Crippen LogP contribution < -0.4 is 0 Å². The molecule has 0 unspecified atom stereocenters. The van der Waals surface area contributed by atoms with E-state index in [0.717, 1.165) is 50.4 Å². The van der Waals surface area contributed by atoms with Crippen LogP contribution >= 0.6 is 0 Å². The first-order valence-corrected chi connectivity index (χ1v) is 11.2. The van der Waals surface area contributed by atoms with Gasteiger partial charge in [-0.05, 0) is 110 Å². The van der Waals surface area contributed by atoms with Crippen molar-refractivity contribution in [2.45, 2.75) is 20.8 Å². The van der Waals surface area contributed by atoms with Crippen LogP contribution in [0.5, 0.6) is 0 Å². The first kappa shape index (κ1) is 19.5. The van der Waals surface area contributed by atoms with E-state index in [-0.39, 0.29) is 0 Å². The normalized spacial score (nSPS) is 12.8. The van der Waals surface area contributed by atoms with E-state index in [1.54, 1.807) is 0 Å². The van der Waals surface area contributed by atoms with E-state index in [0.29, 0.717) is 0 Å². The lowest BCUT2D eigenvalue weighted by atomic mass is 9.92. The summed E-state index contributed by atoms with van der Waals surface area (Å²) in [6.45, 7) is 6.55. The van der Waals surface area contributed by atoms with Crippen molar-refractivity contribution in [3.63, 3.8) is 0 Å². The Morgan fingerprint density at radius 2 is 1.15 bits per heavy atom. The van der Waals surface area contributed by atoms with Gasteiger partial charge in [-0.1, -0.05) is 12.1 Å². The van der Waals surface area contributed by atoms with Crippen LogP contribution in [0.4, 0.5) is 0 Å². The maximum absolute atomic E-state index is 5.00. The van der Waals surface area contributed by atoms with E-state index in [9.17, 15) is 0 Å². The molecule has 0 fully saturated rings. The van der Waals surface area contributed by atoms with E-state index in [4.69, 9.17) is 9.97 Å². The number of aryl methyl sites for hydroxylation is 1. The minimum atomic E-state index is 0.931. The van der Waals surface area contributed by atoms with Gasteiger partial charge in [-0.3, -0.25) is 0 Å². The summed E-state index contributed by atoms with van der Waals surface area (Å²) in [6.07, 6.45) is 6.26. The Labute approximate surface area is 192 Å². The molecular weight excluding hydrogens is 404 g/mol. The minimum Gasteiger partial charge on any atom is -0.355 e. The fraction of sp³-hybridized carbons (Fsp3) is 0.103. The van der Waals surface area contributed by atoms with Crippen molar-refractivity contribution in [1.29, 1.82) is 0 Å². The summed E-state index contributed by atoms with van der Waals surface area (Å²) < 4.78 is 0. The Balaban J connectivity index is 1.64. The van der Waals surface area contributed by atoms with Crippen LogP contribution in [0.3, 0.4) is 0 Å². The van der Waals surface area contributed by atoms with Crippen molar-refractivity contribution in [3.05, 3.63) is 106 Å². The number of hydrogen-bond acceptors (Lipinski definition) is 2. The number of benzene rings is 1. The maximum Gasteiger partial charge on any atom is 0.0736 e. The van der Waals surface area contributed by atoms with Crippen LogP contribution in [-0.2, 0) is 0 Å². The lowest BCUT2D eigenvalue weighted by Crippen LogP contribution is -1.94. The summed E-state index contributed by atoms with van der Waals surface area (Å²) >= 11 is 0. The molecule has 0 amide bonds. The molecule has 1 aromatic carbocycles. The van der Waals surface area contributed by atoms with E-state index < -0.39 is 0 Å². The average molecular weight is 429 g/mol. The van der Waals surface area contributed by atoms with Gasteiger partial charge in [0.25, 0.3) is 0 Å². The van der Waals surface area contributed by atoms with Gasteiger partial charge in [0.15, 0.2) is 0 Å². The monoisotopic (exact) mass is 428 g/mol. The summed E-state index contributed by atoms with van der Waals surface area (Å²) in [4.78, 5) is 16.7. The van der Waals surface area contributed by atoms with Gasteiger partial charge >= 0.3 is 0 Å². The second-order valence-corrected chi connectivity index (χ2v) is 8.77. The molecule has 0 saturated heterocycles. The third kappa shape index (κ3) is 3.60. The molecule has 2 aliphatic heterocycles. The van der Waals surface area contributed by atoms with Gasteiger partial charge in [0, 0.05) is 27.6 Å². The first-order valence-electron chi connectivity index (χ1n) is 11.2. The quantitative estimate of drug-likeness (QED) is 0.296. The molecule has 2 N–H and O–H groups in total. The first-order chi connectivity index (χ1) is 16.0. The smallest absolute Gasteiger partial charge is 0.0736 e. The Morgan fingerprint density at radius 1 is 0.576 bits per heavy atom. The fourth-order valence-electron chi connectivity index (χ4n) is 4.48. The minimum absolute atomic E-state index is 0.931. The second kappa shape index (κ2) is 7.45. The van der Waals surface area contributed by atoms with Crippen molar-refractivity contribution in [3.8, 4) is 0 Å². The summed E-state index contributed by atoms with van der Waals surface area (Å²) in [5, 5.41) is 0. The molecule has 0 radical (unpaired) electrons. The summed E-state index contributed by atoms with van der Waals surface area (Å²) in [6, 6.07) is 21.1. The molecule has 8 bridgehead atoms. The zero-order valence-corrected chi connectivity index (χ0v) is 18.9. The average Bonchev–Trinajstić information content (AvgIpc) is 3.58. The van der Waals surface area contributed by atoms with Gasteiger partial charge in [0.2, 0.25) is 0 Å². The Bertz CT molecular complexity index is 1640. The number of rotatable bonds is 1. The summed E-state index contributed by atoms with van der Waals surface area (Å²) in [7, 11) is 0. The molecule has 6 rings (SSSR count). The van der Waals surface area contributed by atoms with Crippen molar-refractivity contribution in [1.82, 2.24) is 19.9 Å². The van der Waals surface area contributed by atoms with E-state index >= 15 is 0 Å². The summed E-state index contributed by atoms with van der Waals surface area (Å²) in [5.41, 5.74) is 14.1. The third-order valence-electron chi connectivity index (χ3n) is 6.51. The molecule has 4 nitrogen and oxygen atoms in total. The highest BCUT2D eigenvalue weighted by molar-refractivity contribution is 5.94. The SMILES string of the molecule is Cc1ccc(C2=Cc3cc4ccc(cc5nc(cc6ccc(cc2n3)[nH]6)C=C5)[nH]4)c(C)c1C. The zero-order chi connectivity index (χ0) is 22.5. The molecule has 33 heavy (non-hydrogen) atoms. The number of aromatic nitrogens is 4. The standard InChI is InChI=1S/C29H24N4/c1-17-4-11-27(19(3)18(17)2)28-15-26-14-24-8-7-22(31-24)12-20-5-6-21(30-20)13-23-9-10-25(32-23)16-29(28)33-26/h4-16,31-32H,1-3H3. The van der Waals surface area contributed by atoms with Gasteiger partial charge in [0.1, 0.15) is 0 Å². The second-order valence-electron chi connectivity index (χ2n) is 8.77. The topological polar surface area (TPSA) is 57.4 Å². The van der Waals surface area contributed by atoms with Crippen molar-refractivity contribution in [2.75, 3.05) is 0 Å². The number of hydrogen-bond donors (Lipinski definition) is 2. The number of fused-ring (bicyclic) bond motifs is 8. The van der Waals surface area contributed by atoms with Crippen LogP contribution in [0, 0.1) is 20.8 Å². The van der Waals surface area contributed by atoms with Crippen LogP contribution in [0.15, 0.2) is 60.7 Å². The maximum atomic E-state index is 5.00.